The Morgan fingerprint density at radius 3 is 2.35 bits per heavy atom. The summed E-state index contributed by atoms with van der Waals surface area (Å²) >= 11 is 0. The lowest BCUT2D eigenvalue weighted by atomic mass is 10.1. The molecule has 120 valence electrons. The lowest BCUT2D eigenvalue weighted by Gasteiger charge is -2.16. The molecule has 5 nitrogen and oxygen atoms in total. The van der Waals surface area contributed by atoms with Gasteiger partial charge in [-0.25, -0.2) is 0 Å². The van der Waals surface area contributed by atoms with Crippen LogP contribution in [0.1, 0.15) is 52.9 Å². The number of rotatable bonds is 10. The lowest BCUT2D eigenvalue weighted by molar-refractivity contribution is -0.123. The summed E-state index contributed by atoms with van der Waals surface area (Å²) in [5.74, 6) is 0.296. The van der Waals surface area contributed by atoms with Crippen LogP contribution in [-0.4, -0.2) is 30.9 Å². The molecule has 0 saturated carbocycles. The molecule has 1 unspecified atom stereocenters. The van der Waals surface area contributed by atoms with E-state index in [2.05, 4.69) is 17.6 Å². The normalized spacial score (nSPS) is 11.7. The molecule has 0 aliphatic rings. The molecule has 0 radical (unpaired) electrons. The molecule has 0 aromatic carbocycles. The Morgan fingerprint density at radius 1 is 1.20 bits per heavy atom. The van der Waals surface area contributed by atoms with Crippen molar-refractivity contribution in [1.29, 1.82) is 0 Å². The summed E-state index contributed by atoms with van der Waals surface area (Å²) in [5.41, 5.74) is 5.61. The number of unbranched alkanes of at least 4 members (excludes halogenated alkanes) is 1. The van der Waals surface area contributed by atoms with Crippen LogP contribution in [0.3, 0.4) is 0 Å². The molecule has 4 N–H and O–H groups in total. The van der Waals surface area contributed by atoms with Crippen LogP contribution in [0, 0.1) is 5.92 Å². The standard InChI is InChI=1S/C14H29N3O2.ClH/c1-4-5-6-12(10-15)17-13(18)7-8-16-14(19)9-11(2)3;/h11-12H,4-10,15H2,1-3H3,(H,16,19)(H,17,18);1H. The molecular formula is C14H30ClN3O2. The Kier molecular flexibility index (Phi) is 14.2. The molecule has 0 bridgehead atoms. The van der Waals surface area contributed by atoms with Crippen molar-refractivity contribution in [3.63, 3.8) is 0 Å². The maximum Gasteiger partial charge on any atom is 0.222 e. The topological polar surface area (TPSA) is 84.2 Å². The summed E-state index contributed by atoms with van der Waals surface area (Å²) in [6, 6.07) is 0.0545. The minimum Gasteiger partial charge on any atom is -0.356 e. The highest BCUT2D eigenvalue weighted by Gasteiger charge is 2.10. The van der Waals surface area contributed by atoms with Crippen LogP contribution in [0.2, 0.25) is 0 Å². The van der Waals surface area contributed by atoms with E-state index in [1.165, 1.54) is 0 Å². The van der Waals surface area contributed by atoms with E-state index in [1.54, 1.807) is 0 Å². The van der Waals surface area contributed by atoms with Gasteiger partial charge in [0.15, 0.2) is 0 Å². The minimum atomic E-state index is -0.0450. The van der Waals surface area contributed by atoms with E-state index in [0.717, 1.165) is 19.3 Å². The van der Waals surface area contributed by atoms with Gasteiger partial charge in [0, 0.05) is 32.0 Å². The number of nitrogens with one attached hydrogen (secondary N) is 2. The summed E-state index contributed by atoms with van der Waals surface area (Å²) in [4.78, 5) is 23.1. The molecule has 0 fully saturated rings. The first kappa shape index (κ1) is 21.5. The zero-order chi connectivity index (χ0) is 14.7. The van der Waals surface area contributed by atoms with Gasteiger partial charge in [0.2, 0.25) is 11.8 Å². The molecule has 0 spiro atoms. The van der Waals surface area contributed by atoms with Crippen molar-refractivity contribution >= 4 is 24.2 Å². The average Bonchev–Trinajstić information content (AvgIpc) is 2.33. The monoisotopic (exact) mass is 307 g/mol. The van der Waals surface area contributed by atoms with Crippen molar-refractivity contribution in [3.8, 4) is 0 Å². The van der Waals surface area contributed by atoms with Gasteiger partial charge in [-0.15, -0.1) is 12.4 Å². The predicted molar refractivity (Wildman–Crippen MR) is 84.8 cm³/mol. The summed E-state index contributed by atoms with van der Waals surface area (Å²) < 4.78 is 0. The van der Waals surface area contributed by atoms with Gasteiger partial charge >= 0.3 is 0 Å². The molecule has 0 aromatic rings. The maximum absolute atomic E-state index is 11.7. The molecule has 1 atom stereocenters. The Balaban J connectivity index is 0. The van der Waals surface area contributed by atoms with E-state index in [-0.39, 0.29) is 30.3 Å². The summed E-state index contributed by atoms with van der Waals surface area (Å²) in [7, 11) is 0. The maximum atomic E-state index is 11.7. The van der Waals surface area contributed by atoms with Crippen molar-refractivity contribution in [2.24, 2.45) is 11.7 Å². The average molecular weight is 308 g/mol. The predicted octanol–water partition coefficient (Wildman–Crippen LogP) is 1.59. The van der Waals surface area contributed by atoms with Crippen molar-refractivity contribution in [3.05, 3.63) is 0 Å². The molecule has 20 heavy (non-hydrogen) atoms. The number of carbonyl (C=O) groups is 2. The number of hydrogen-bond acceptors (Lipinski definition) is 3. The third-order valence-corrected chi connectivity index (χ3v) is 2.82. The van der Waals surface area contributed by atoms with E-state index < -0.39 is 0 Å². The van der Waals surface area contributed by atoms with Gasteiger partial charge in [-0.1, -0.05) is 33.6 Å². The molecule has 0 aliphatic heterocycles. The van der Waals surface area contributed by atoms with Crippen LogP contribution in [-0.2, 0) is 9.59 Å². The second-order valence-corrected chi connectivity index (χ2v) is 5.34. The van der Waals surface area contributed by atoms with Crippen LogP contribution < -0.4 is 16.4 Å². The van der Waals surface area contributed by atoms with Crippen LogP contribution in [0.4, 0.5) is 0 Å². The zero-order valence-corrected chi connectivity index (χ0v) is 13.7. The Bertz CT molecular complexity index is 273. The number of amides is 2. The number of nitrogens with two attached hydrogens (primary N) is 1. The van der Waals surface area contributed by atoms with Gasteiger partial charge in [0.05, 0.1) is 0 Å². The summed E-state index contributed by atoms with van der Waals surface area (Å²) in [5, 5.41) is 5.65. The molecular weight excluding hydrogens is 278 g/mol. The van der Waals surface area contributed by atoms with Gasteiger partial charge in [-0.2, -0.15) is 0 Å². The minimum absolute atomic E-state index is 0. The van der Waals surface area contributed by atoms with Gasteiger partial charge < -0.3 is 16.4 Å². The molecule has 0 aliphatic carbocycles. The van der Waals surface area contributed by atoms with E-state index in [1.807, 2.05) is 13.8 Å². The third kappa shape index (κ3) is 12.2. The molecule has 0 aromatic heterocycles. The Hall–Kier alpha value is -0.810. The van der Waals surface area contributed by atoms with E-state index in [4.69, 9.17) is 5.73 Å². The quantitative estimate of drug-likeness (QED) is 0.573. The van der Waals surface area contributed by atoms with Crippen LogP contribution in [0.25, 0.3) is 0 Å². The first-order valence-electron chi connectivity index (χ1n) is 7.25. The van der Waals surface area contributed by atoms with Crippen LogP contribution in [0.5, 0.6) is 0 Å². The van der Waals surface area contributed by atoms with Crippen molar-refractivity contribution in [2.75, 3.05) is 13.1 Å². The second-order valence-electron chi connectivity index (χ2n) is 5.34. The number of carbonyl (C=O) groups excluding carboxylic acids is 2. The molecule has 0 saturated heterocycles. The summed E-state index contributed by atoms with van der Waals surface area (Å²) in [6.45, 7) is 6.95. The van der Waals surface area contributed by atoms with Gasteiger partial charge in [-0.3, -0.25) is 9.59 Å². The summed E-state index contributed by atoms with van der Waals surface area (Å²) in [6.07, 6.45) is 3.89. The SMILES string of the molecule is CCCCC(CN)NC(=O)CCNC(=O)CC(C)C.Cl. The molecule has 0 heterocycles. The van der Waals surface area contributed by atoms with E-state index in [9.17, 15) is 9.59 Å². The first-order chi connectivity index (χ1) is 8.99. The van der Waals surface area contributed by atoms with Crippen molar-refractivity contribution in [1.82, 2.24) is 10.6 Å². The largest absolute Gasteiger partial charge is 0.356 e. The van der Waals surface area contributed by atoms with Gasteiger partial charge in [0.25, 0.3) is 0 Å². The highest BCUT2D eigenvalue weighted by Crippen LogP contribution is 2.00. The fourth-order valence-electron chi connectivity index (χ4n) is 1.76. The zero-order valence-electron chi connectivity index (χ0n) is 12.9. The molecule has 2 amide bonds. The van der Waals surface area contributed by atoms with Gasteiger partial charge in [0.1, 0.15) is 0 Å². The third-order valence-electron chi connectivity index (χ3n) is 2.82. The number of hydrogen-bond donors (Lipinski definition) is 3. The second kappa shape index (κ2) is 13.2. The van der Waals surface area contributed by atoms with E-state index in [0.29, 0.717) is 31.8 Å². The highest BCUT2D eigenvalue weighted by molar-refractivity contribution is 5.85. The lowest BCUT2D eigenvalue weighted by Crippen LogP contribution is -2.41. The van der Waals surface area contributed by atoms with Crippen molar-refractivity contribution in [2.45, 2.75) is 58.9 Å². The van der Waals surface area contributed by atoms with Crippen LogP contribution >= 0.6 is 12.4 Å². The highest BCUT2D eigenvalue weighted by atomic mass is 35.5. The fraction of sp³-hybridized carbons (Fsp3) is 0.857. The van der Waals surface area contributed by atoms with Crippen LogP contribution in [0.15, 0.2) is 0 Å². The smallest absolute Gasteiger partial charge is 0.222 e. The van der Waals surface area contributed by atoms with Gasteiger partial charge in [-0.05, 0) is 12.3 Å². The molecule has 6 heteroatoms. The Morgan fingerprint density at radius 2 is 1.85 bits per heavy atom. The fourth-order valence-corrected chi connectivity index (χ4v) is 1.76. The first-order valence-corrected chi connectivity index (χ1v) is 7.25. The van der Waals surface area contributed by atoms with E-state index >= 15 is 0 Å². The number of halogens is 1. The molecule has 0 rings (SSSR count). The Labute approximate surface area is 128 Å². The van der Waals surface area contributed by atoms with Crippen molar-refractivity contribution < 1.29 is 9.59 Å².